The van der Waals surface area contributed by atoms with Crippen molar-refractivity contribution in [3.05, 3.63) is 12.2 Å². The fourth-order valence-electron chi connectivity index (χ4n) is 3.30. The van der Waals surface area contributed by atoms with Gasteiger partial charge in [0.05, 0.1) is 18.6 Å². The molecule has 25 heavy (non-hydrogen) atoms. The van der Waals surface area contributed by atoms with Crippen LogP contribution in [0.1, 0.15) is 44.9 Å². The number of cyclic esters (lactones) is 1. The lowest BCUT2D eigenvalue weighted by atomic mass is 9.98. The van der Waals surface area contributed by atoms with E-state index in [1.807, 2.05) is 12.2 Å². The van der Waals surface area contributed by atoms with Gasteiger partial charge in [-0.25, -0.2) is 0 Å². The first-order chi connectivity index (χ1) is 12.1. The summed E-state index contributed by atoms with van der Waals surface area (Å²) >= 11 is 0. The second-order valence-electron chi connectivity index (χ2n) is 6.58. The lowest BCUT2D eigenvalue weighted by molar-refractivity contribution is -0.148. The van der Waals surface area contributed by atoms with E-state index in [-0.39, 0.29) is 50.0 Å². The number of rotatable bonds is 4. The maximum absolute atomic E-state index is 12.9. The van der Waals surface area contributed by atoms with Crippen molar-refractivity contribution in [2.45, 2.75) is 51.0 Å². The van der Waals surface area contributed by atoms with Gasteiger partial charge in [0.15, 0.2) is 0 Å². The van der Waals surface area contributed by atoms with E-state index in [4.69, 9.17) is 9.84 Å². The molecule has 0 unspecified atom stereocenters. The van der Waals surface area contributed by atoms with E-state index < -0.39 is 5.92 Å². The number of nitrogens with zero attached hydrogens (tertiary/aromatic N) is 1. The van der Waals surface area contributed by atoms with Gasteiger partial charge in [0, 0.05) is 25.9 Å². The zero-order valence-electron chi connectivity index (χ0n) is 14.6. The lowest BCUT2D eigenvalue weighted by Crippen LogP contribution is -2.43. The molecule has 2 rings (SSSR count). The molecule has 0 aromatic heterocycles. The van der Waals surface area contributed by atoms with Crippen LogP contribution in [0.25, 0.3) is 0 Å². The third kappa shape index (κ3) is 6.16. The second kappa shape index (κ2) is 10.2. The minimum Gasteiger partial charge on any atom is -0.463 e. The molecule has 1 saturated heterocycles. The molecule has 2 heterocycles. The average molecular weight is 352 g/mol. The number of carbonyl (C=O) groups excluding carboxylic acids is 3. The number of aliphatic hydroxyl groups is 1. The Morgan fingerprint density at radius 3 is 2.96 bits per heavy atom. The van der Waals surface area contributed by atoms with Gasteiger partial charge in [0.1, 0.15) is 6.61 Å². The van der Waals surface area contributed by atoms with Crippen LogP contribution in [-0.2, 0) is 19.1 Å². The predicted octanol–water partition coefficient (Wildman–Crippen LogP) is 0.766. The molecule has 0 saturated carbocycles. The van der Waals surface area contributed by atoms with E-state index in [1.165, 1.54) is 0 Å². The summed E-state index contributed by atoms with van der Waals surface area (Å²) in [5.41, 5.74) is 0. The van der Waals surface area contributed by atoms with Crippen molar-refractivity contribution in [3.8, 4) is 0 Å². The van der Waals surface area contributed by atoms with Crippen molar-refractivity contribution in [2.75, 3.05) is 26.3 Å². The van der Waals surface area contributed by atoms with Crippen LogP contribution in [0, 0.1) is 5.92 Å². The van der Waals surface area contributed by atoms with E-state index in [1.54, 1.807) is 4.90 Å². The number of esters is 1. The van der Waals surface area contributed by atoms with Crippen molar-refractivity contribution >= 4 is 17.8 Å². The number of nitrogens with one attached hydrogen (secondary N) is 1. The lowest BCUT2D eigenvalue weighted by Gasteiger charge is -2.28. The monoisotopic (exact) mass is 352 g/mol. The molecule has 2 amide bonds. The van der Waals surface area contributed by atoms with E-state index in [0.717, 1.165) is 25.7 Å². The number of aliphatic hydroxyl groups excluding tert-OH is 1. The molecule has 0 aromatic carbocycles. The summed E-state index contributed by atoms with van der Waals surface area (Å²) in [7, 11) is 0. The van der Waals surface area contributed by atoms with Crippen LogP contribution < -0.4 is 5.32 Å². The van der Waals surface area contributed by atoms with Gasteiger partial charge in [-0.3, -0.25) is 14.4 Å². The highest BCUT2D eigenvalue weighted by Gasteiger charge is 2.34. The number of fused-ring (bicyclic) bond motifs is 1. The van der Waals surface area contributed by atoms with E-state index in [9.17, 15) is 14.4 Å². The maximum atomic E-state index is 12.9. The third-order valence-electron chi connectivity index (χ3n) is 4.65. The first kappa shape index (κ1) is 19.4. The number of carbonyl (C=O) groups is 3. The Hall–Kier alpha value is -1.89. The Morgan fingerprint density at radius 2 is 2.16 bits per heavy atom. The van der Waals surface area contributed by atoms with Crippen molar-refractivity contribution in [3.63, 3.8) is 0 Å². The van der Waals surface area contributed by atoms with E-state index >= 15 is 0 Å². The first-order valence-corrected chi connectivity index (χ1v) is 9.10. The number of ether oxygens (including phenoxy) is 1. The summed E-state index contributed by atoms with van der Waals surface area (Å²) in [6.07, 6.45) is 8.05. The quantitative estimate of drug-likeness (QED) is 0.575. The molecule has 0 spiro atoms. The fourth-order valence-corrected chi connectivity index (χ4v) is 3.30. The molecule has 7 nitrogen and oxygen atoms in total. The Labute approximate surface area is 148 Å². The highest BCUT2D eigenvalue weighted by atomic mass is 16.5. The number of allylic oxidation sites excluding steroid dienone is 2. The highest BCUT2D eigenvalue weighted by Crippen LogP contribution is 2.24. The van der Waals surface area contributed by atoms with Gasteiger partial charge in [-0.1, -0.05) is 12.2 Å². The third-order valence-corrected chi connectivity index (χ3v) is 4.65. The largest absolute Gasteiger partial charge is 0.463 e. The molecule has 0 aromatic rings. The minimum absolute atomic E-state index is 0.0541. The number of hydrogen-bond acceptors (Lipinski definition) is 5. The van der Waals surface area contributed by atoms with Crippen LogP contribution in [0.15, 0.2) is 12.2 Å². The van der Waals surface area contributed by atoms with Gasteiger partial charge in [-0.15, -0.1) is 0 Å². The summed E-state index contributed by atoms with van der Waals surface area (Å²) in [4.78, 5) is 38.4. The first-order valence-electron chi connectivity index (χ1n) is 9.10. The summed E-state index contributed by atoms with van der Waals surface area (Å²) in [6, 6.07) is -0.0933. The molecule has 2 N–H and O–H groups in total. The molecule has 1 fully saturated rings. The van der Waals surface area contributed by atoms with Crippen LogP contribution in [0.3, 0.4) is 0 Å². The van der Waals surface area contributed by atoms with Crippen LogP contribution in [-0.4, -0.2) is 60.1 Å². The van der Waals surface area contributed by atoms with E-state index in [2.05, 4.69) is 5.32 Å². The molecule has 2 atom stereocenters. The van der Waals surface area contributed by atoms with Gasteiger partial charge in [0.25, 0.3) is 0 Å². The standard InChI is InChI=1S/C18H28N2O5/c21-11-9-19-16(22)12-14-6-3-1-2-4-8-17(23)25-13-15-7-5-10-20(15)18(14)24/h1,3,14-15,21H,2,4-13H2,(H,19,22)/b3-1+/t14-,15-/m1/s1. The number of amides is 2. The summed E-state index contributed by atoms with van der Waals surface area (Å²) < 4.78 is 5.32. The molecular formula is C18H28N2O5. The van der Waals surface area contributed by atoms with E-state index in [0.29, 0.717) is 19.4 Å². The van der Waals surface area contributed by atoms with Crippen LogP contribution in [0.4, 0.5) is 0 Å². The van der Waals surface area contributed by atoms with Gasteiger partial charge >= 0.3 is 5.97 Å². The topological polar surface area (TPSA) is 95.9 Å². The van der Waals surface area contributed by atoms with Crippen molar-refractivity contribution in [1.29, 1.82) is 0 Å². The molecule has 0 bridgehead atoms. The molecular weight excluding hydrogens is 324 g/mol. The number of hydrogen-bond donors (Lipinski definition) is 2. The molecule has 7 heteroatoms. The van der Waals surface area contributed by atoms with Gasteiger partial charge in [-0.05, 0) is 32.1 Å². The fraction of sp³-hybridized carbons (Fsp3) is 0.722. The summed E-state index contributed by atoms with van der Waals surface area (Å²) in [5, 5.41) is 11.4. The zero-order chi connectivity index (χ0) is 18.1. The average Bonchev–Trinajstić information content (AvgIpc) is 3.07. The normalized spacial score (nSPS) is 26.7. The second-order valence-corrected chi connectivity index (χ2v) is 6.58. The highest BCUT2D eigenvalue weighted by molar-refractivity contribution is 5.86. The molecule has 2 aliphatic rings. The Balaban J connectivity index is 2.07. The van der Waals surface area contributed by atoms with Crippen molar-refractivity contribution in [1.82, 2.24) is 10.2 Å². The summed E-state index contributed by atoms with van der Waals surface area (Å²) in [6.45, 7) is 0.947. The molecule has 0 aliphatic carbocycles. The van der Waals surface area contributed by atoms with Gasteiger partial charge in [0.2, 0.25) is 11.8 Å². The van der Waals surface area contributed by atoms with Gasteiger partial charge < -0.3 is 20.1 Å². The van der Waals surface area contributed by atoms with Crippen LogP contribution in [0.2, 0.25) is 0 Å². The maximum Gasteiger partial charge on any atom is 0.305 e. The predicted molar refractivity (Wildman–Crippen MR) is 91.5 cm³/mol. The smallest absolute Gasteiger partial charge is 0.305 e. The van der Waals surface area contributed by atoms with Crippen molar-refractivity contribution < 1.29 is 24.2 Å². The van der Waals surface area contributed by atoms with Gasteiger partial charge in [-0.2, -0.15) is 0 Å². The van der Waals surface area contributed by atoms with Crippen LogP contribution >= 0.6 is 0 Å². The SMILES string of the molecule is O=C(C[C@H]1C/C=C/CCCC(=O)OC[C@H]2CCCN2C1=O)NCCO. The minimum atomic E-state index is -0.424. The Kier molecular flexibility index (Phi) is 7.91. The summed E-state index contributed by atoms with van der Waals surface area (Å²) in [5.74, 6) is -0.923. The van der Waals surface area contributed by atoms with Crippen molar-refractivity contribution in [2.24, 2.45) is 5.92 Å². The Bertz CT molecular complexity index is 506. The molecule has 140 valence electrons. The molecule has 0 radical (unpaired) electrons. The Morgan fingerprint density at radius 1 is 1.32 bits per heavy atom. The van der Waals surface area contributed by atoms with Crippen LogP contribution in [0.5, 0.6) is 0 Å². The zero-order valence-corrected chi connectivity index (χ0v) is 14.6. The molecule has 2 aliphatic heterocycles.